The van der Waals surface area contributed by atoms with Crippen molar-refractivity contribution in [3.8, 4) is 5.75 Å². The summed E-state index contributed by atoms with van der Waals surface area (Å²) >= 11 is 0. The van der Waals surface area contributed by atoms with Crippen molar-refractivity contribution < 1.29 is 18.8 Å². The van der Waals surface area contributed by atoms with Crippen LogP contribution < -0.4 is 15.0 Å². The number of amides is 1. The Kier molecular flexibility index (Phi) is 7.16. The number of nitrogens with one attached hydrogen (secondary N) is 2. The van der Waals surface area contributed by atoms with E-state index >= 15 is 0 Å². The van der Waals surface area contributed by atoms with Crippen LogP contribution >= 0.6 is 0 Å². The van der Waals surface area contributed by atoms with E-state index in [1.807, 2.05) is 31.3 Å². The third kappa shape index (κ3) is 6.39. The average molecular weight is 343 g/mol. The summed E-state index contributed by atoms with van der Waals surface area (Å²) in [4.78, 5) is 13.1. The first-order valence-electron chi connectivity index (χ1n) is 8.22. The Morgan fingerprint density at radius 2 is 1.96 bits per heavy atom. The molecule has 1 amide bonds. The van der Waals surface area contributed by atoms with Crippen molar-refractivity contribution in [3.05, 3.63) is 78.1 Å². The van der Waals surface area contributed by atoms with Crippen LogP contribution in [0.15, 0.2) is 61.2 Å². The zero-order valence-corrected chi connectivity index (χ0v) is 14.4. The molecule has 0 bridgehead atoms. The summed E-state index contributed by atoms with van der Waals surface area (Å²) in [7, 11) is 1.95. The first-order chi connectivity index (χ1) is 12.1. The van der Waals surface area contributed by atoms with Crippen LogP contribution in [0.1, 0.15) is 11.1 Å². The molecule has 0 saturated carbocycles. The van der Waals surface area contributed by atoms with Crippen LogP contribution in [0.25, 0.3) is 0 Å². The van der Waals surface area contributed by atoms with Gasteiger partial charge in [-0.25, -0.2) is 4.39 Å². The molecule has 0 fully saturated rings. The monoisotopic (exact) mass is 343 g/mol. The van der Waals surface area contributed by atoms with E-state index in [9.17, 15) is 9.18 Å². The lowest BCUT2D eigenvalue weighted by Crippen LogP contribution is -3.08. The number of quaternary nitrogens is 1. The van der Waals surface area contributed by atoms with Crippen molar-refractivity contribution in [2.24, 2.45) is 0 Å². The zero-order chi connectivity index (χ0) is 18.1. The first kappa shape index (κ1) is 18.7. The number of carbonyl (C=O) groups excluding carboxylic acids is 1. The Morgan fingerprint density at radius 3 is 2.64 bits per heavy atom. The third-order valence-corrected chi connectivity index (χ3v) is 3.69. The van der Waals surface area contributed by atoms with Gasteiger partial charge in [0.25, 0.3) is 5.91 Å². The van der Waals surface area contributed by atoms with Crippen LogP contribution in [0.2, 0.25) is 0 Å². The van der Waals surface area contributed by atoms with E-state index in [1.165, 1.54) is 6.07 Å². The number of likely N-dealkylation sites (N-methyl/N-ethyl adjacent to an activating group) is 1. The second kappa shape index (κ2) is 9.59. The third-order valence-electron chi connectivity index (χ3n) is 3.69. The molecule has 0 spiro atoms. The highest BCUT2D eigenvalue weighted by molar-refractivity contribution is 5.76. The van der Waals surface area contributed by atoms with E-state index in [1.54, 1.807) is 24.3 Å². The lowest BCUT2D eigenvalue weighted by molar-refractivity contribution is -0.885. The lowest BCUT2D eigenvalue weighted by Gasteiger charge is -2.14. The zero-order valence-electron chi connectivity index (χ0n) is 14.4. The normalized spacial score (nSPS) is 11.6. The van der Waals surface area contributed by atoms with Gasteiger partial charge in [-0.15, -0.1) is 0 Å². The Balaban J connectivity index is 1.77. The SMILES string of the molecule is C=CCOc1ccc(C[NH+](C)CC(=O)NCc2ccccc2F)cc1. The molecular weight excluding hydrogens is 319 g/mol. The highest BCUT2D eigenvalue weighted by atomic mass is 19.1. The van der Waals surface area contributed by atoms with Crippen molar-refractivity contribution in [3.63, 3.8) is 0 Å². The largest absolute Gasteiger partial charge is 0.490 e. The molecular formula is C20H24FN2O2+. The van der Waals surface area contributed by atoms with Gasteiger partial charge in [0.15, 0.2) is 6.54 Å². The van der Waals surface area contributed by atoms with Gasteiger partial charge in [-0.3, -0.25) is 4.79 Å². The van der Waals surface area contributed by atoms with Crippen molar-refractivity contribution in [2.75, 3.05) is 20.2 Å². The summed E-state index contributed by atoms with van der Waals surface area (Å²) < 4.78 is 19.0. The first-order valence-corrected chi connectivity index (χ1v) is 8.22. The summed E-state index contributed by atoms with van der Waals surface area (Å²) in [6, 6.07) is 14.2. The smallest absolute Gasteiger partial charge is 0.275 e. The van der Waals surface area contributed by atoms with Gasteiger partial charge < -0.3 is 15.0 Å². The van der Waals surface area contributed by atoms with E-state index < -0.39 is 0 Å². The van der Waals surface area contributed by atoms with E-state index in [2.05, 4.69) is 11.9 Å². The predicted octanol–water partition coefficient (Wildman–Crippen LogP) is 1.72. The van der Waals surface area contributed by atoms with Crippen LogP contribution in [0.4, 0.5) is 4.39 Å². The molecule has 2 aromatic carbocycles. The fraction of sp³-hybridized carbons (Fsp3) is 0.250. The standard InChI is InChI=1S/C20H23FN2O2/c1-3-12-25-18-10-8-16(9-11-18)14-23(2)15-20(24)22-13-17-6-4-5-7-19(17)21/h3-11H,1,12-15H2,2H3,(H,22,24)/p+1. The van der Waals surface area contributed by atoms with Gasteiger partial charge in [0.1, 0.15) is 24.7 Å². The number of halogens is 1. The van der Waals surface area contributed by atoms with E-state index in [0.29, 0.717) is 18.7 Å². The molecule has 2 aromatic rings. The Hall–Kier alpha value is -2.66. The van der Waals surface area contributed by atoms with E-state index in [4.69, 9.17) is 4.74 Å². The summed E-state index contributed by atoms with van der Waals surface area (Å²) in [5.74, 6) is 0.387. The van der Waals surface area contributed by atoms with Crippen molar-refractivity contribution in [1.82, 2.24) is 5.32 Å². The minimum Gasteiger partial charge on any atom is -0.490 e. The molecule has 4 nitrogen and oxygen atoms in total. The van der Waals surface area contributed by atoms with Gasteiger partial charge in [0, 0.05) is 17.7 Å². The van der Waals surface area contributed by atoms with Gasteiger partial charge >= 0.3 is 0 Å². The van der Waals surface area contributed by atoms with Gasteiger partial charge in [-0.2, -0.15) is 0 Å². The molecule has 2 rings (SSSR count). The molecule has 0 aliphatic carbocycles. The average Bonchev–Trinajstić information content (AvgIpc) is 2.60. The number of carbonyl (C=O) groups is 1. The van der Waals surface area contributed by atoms with Gasteiger partial charge in [-0.1, -0.05) is 30.9 Å². The van der Waals surface area contributed by atoms with Crippen LogP contribution in [-0.2, 0) is 17.9 Å². The maximum Gasteiger partial charge on any atom is 0.275 e. The van der Waals surface area contributed by atoms with Crippen LogP contribution in [-0.4, -0.2) is 26.1 Å². The van der Waals surface area contributed by atoms with Gasteiger partial charge in [0.05, 0.1) is 7.05 Å². The lowest BCUT2D eigenvalue weighted by atomic mass is 10.2. The molecule has 25 heavy (non-hydrogen) atoms. The Bertz CT molecular complexity index is 701. The molecule has 0 saturated heterocycles. The molecule has 0 aliphatic rings. The predicted molar refractivity (Wildman–Crippen MR) is 95.8 cm³/mol. The summed E-state index contributed by atoms with van der Waals surface area (Å²) in [6.45, 7) is 5.33. The quantitative estimate of drug-likeness (QED) is 0.681. The van der Waals surface area contributed by atoms with Crippen LogP contribution in [0.3, 0.4) is 0 Å². The Labute approximate surface area is 147 Å². The number of hydrogen-bond donors (Lipinski definition) is 2. The van der Waals surface area contributed by atoms with Gasteiger partial charge in [-0.05, 0) is 30.3 Å². The minimum absolute atomic E-state index is 0.105. The second-order valence-electron chi connectivity index (χ2n) is 5.92. The van der Waals surface area contributed by atoms with Crippen LogP contribution in [0.5, 0.6) is 5.75 Å². The number of benzene rings is 2. The van der Waals surface area contributed by atoms with E-state index in [0.717, 1.165) is 22.8 Å². The molecule has 0 aromatic heterocycles. The van der Waals surface area contributed by atoms with Crippen LogP contribution in [0, 0.1) is 5.82 Å². The highest BCUT2D eigenvalue weighted by Crippen LogP contribution is 2.11. The molecule has 2 N–H and O–H groups in total. The maximum absolute atomic E-state index is 13.5. The highest BCUT2D eigenvalue weighted by Gasteiger charge is 2.11. The molecule has 1 unspecified atom stereocenters. The maximum atomic E-state index is 13.5. The summed E-state index contributed by atoms with van der Waals surface area (Å²) in [5.41, 5.74) is 1.61. The fourth-order valence-electron chi connectivity index (χ4n) is 2.44. The van der Waals surface area contributed by atoms with Gasteiger partial charge in [0.2, 0.25) is 0 Å². The van der Waals surface area contributed by atoms with Crippen molar-refractivity contribution >= 4 is 5.91 Å². The number of ether oxygens (including phenoxy) is 1. The molecule has 132 valence electrons. The Morgan fingerprint density at radius 1 is 1.24 bits per heavy atom. The second-order valence-corrected chi connectivity index (χ2v) is 5.92. The molecule has 5 heteroatoms. The number of rotatable bonds is 9. The van der Waals surface area contributed by atoms with E-state index in [-0.39, 0.29) is 18.3 Å². The molecule has 1 atom stereocenters. The summed E-state index contributed by atoms with van der Waals surface area (Å²) in [6.07, 6.45) is 1.70. The molecule has 0 heterocycles. The fourth-order valence-corrected chi connectivity index (χ4v) is 2.44. The molecule has 0 radical (unpaired) electrons. The number of hydrogen-bond acceptors (Lipinski definition) is 2. The summed E-state index contributed by atoms with van der Waals surface area (Å²) in [5, 5.41) is 2.76. The van der Waals surface area contributed by atoms with Crippen molar-refractivity contribution in [1.29, 1.82) is 0 Å². The topological polar surface area (TPSA) is 42.8 Å². The van der Waals surface area contributed by atoms with Crippen molar-refractivity contribution in [2.45, 2.75) is 13.1 Å². The minimum atomic E-state index is -0.303. The molecule has 0 aliphatic heterocycles.